The lowest BCUT2D eigenvalue weighted by Crippen LogP contribution is -2.34. The molecule has 2 amide bonds. The lowest BCUT2D eigenvalue weighted by atomic mass is 9.81. The third kappa shape index (κ3) is 2.39. The SMILES string of the molecule is O=C1[C@H]2[C@H](C(=O)N1c1cnn(COc3ccc(Br)cc3)c1)[C@H]1CC[C@H]2O1. The Labute approximate surface area is 158 Å². The van der Waals surface area contributed by atoms with Gasteiger partial charge in [-0.25, -0.2) is 9.58 Å². The summed E-state index contributed by atoms with van der Waals surface area (Å²) in [5.74, 6) is -0.282. The second-order valence-electron chi connectivity index (χ2n) is 6.82. The van der Waals surface area contributed by atoms with Gasteiger partial charge < -0.3 is 9.47 Å². The normalized spacial score (nSPS) is 29.5. The van der Waals surface area contributed by atoms with E-state index >= 15 is 0 Å². The monoisotopic (exact) mass is 417 g/mol. The topological polar surface area (TPSA) is 73.7 Å². The van der Waals surface area contributed by atoms with E-state index in [0.717, 1.165) is 17.3 Å². The van der Waals surface area contributed by atoms with Gasteiger partial charge in [-0.05, 0) is 37.1 Å². The van der Waals surface area contributed by atoms with Crippen LogP contribution in [0.3, 0.4) is 0 Å². The fraction of sp³-hybridized carbons (Fsp3) is 0.389. The van der Waals surface area contributed by atoms with Crippen molar-refractivity contribution in [3.05, 3.63) is 41.1 Å². The average Bonchev–Trinajstić information content (AvgIpc) is 3.39. The maximum Gasteiger partial charge on any atom is 0.240 e. The molecular weight excluding hydrogens is 402 g/mol. The van der Waals surface area contributed by atoms with Crippen molar-refractivity contribution < 1.29 is 19.1 Å². The van der Waals surface area contributed by atoms with Crippen LogP contribution in [0.2, 0.25) is 0 Å². The summed E-state index contributed by atoms with van der Waals surface area (Å²) >= 11 is 3.38. The lowest BCUT2D eigenvalue weighted by molar-refractivity contribution is -0.124. The van der Waals surface area contributed by atoms with Crippen molar-refractivity contribution in [2.24, 2.45) is 11.8 Å². The molecule has 8 heteroatoms. The van der Waals surface area contributed by atoms with Crippen LogP contribution in [-0.2, 0) is 21.1 Å². The zero-order valence-electron chi connectivity index (χ0n) is 13.7. The van der Waals surface area contributed by atoms with E-state index in [1.165, 1.54) is 11.1 Å². The fourth-order valence-corrected chi connectivity index (χ4v) is 4.44. The molecule has 3 fully saturated rings. The molecule has 3 aliphatic rings. The molecule has 0 saturated carbocycles. The van der Waals surface area contributed by atoms with Gasteiger partial charge in [0.2, 0.25) is 11.8 Å². The third-order valence-electron chi connectivity index (χ3n) is 5.34. The van der Waals surface area contributed by atoms with Gasteiger partial charge in [-0.3, -0.25) is 9.59 Å². The van der Waals surface area contributed by atoms with E-state index in [2.05, 4.69) is 21.0 Å². The quantitative estimate of drug-likeness (QED) is 0.713. The standard InChI is InChI=1S/C18H16BrN3O4/c19-10-1-3-12(4-2-10)25-9-21-8-11(7-20-21)22-17(23)15-13-5-6-14(26-13)16(15)18(22)24/h1-4,7-8,13-16H,5-6,9H2/t13-,14-,15-,16-/m1/s1. The minimum Gasteiger partial charge on any atom is -0.471 e. The number of carbonyl (C=O) groups is 2. The molecule has 7 nitrogen and oxygen atoms in total. The van der Waals surface area contributed by atoms with Gasteiger partial charge in [-0.2, -0.15) is 5.10 Å². The van der Waals surface area contributed by atoms with Crippen molar-refractivity contribution in [2.45, 2.75) is 31.8 Å². The summed E-state index contributed by atoms with van der Waals surface area (Å²) in [7, 11) is 0. The number of benzene rings is 1. The number of ether oxygens (including phenoxy) is 2. The number of hydrogen-bond donors (Lipinski definition) is 0. The first-order chi connectivity index (χ1) is 12.6. The first-order valence-corrected chi connectivity index (χ1v) is 9.35. The maximum atomic E-state index is 12.8. The number of anilines is 1. The molecule has 4 atom stereocenters. The van der Waals surface area contributed by atoms with Gasteiger partial charge in [0.05, 0.1) is 42.1 Å². The molecule has 0 spiro atoms. The first kappa shape index (κ1) is 16.0. The summed E-state index contributed by atoms with van der Waals surface area (Å²) in [5, 5.41) is 4.21. The summed E-state index contributed by atoms with van der Waals surface area (Å²) in [5.41, 5.74) is 0.494. The van der Waals surface area contributed by atoms with Crippen LogP contribution >= 0.6 is 15.9 Å². The number of nitrogens with zero attached hydrogens (tertiary/aromatic N) is 3. The highest BCUT2D eigenvalue weighted by molar-refractivity contribution is 9.10. The number of imide groups is 1. The molecule has 1 aromatic carbocycles. The Balaban J connectivity index is 1.31. The molecule has 26 heavy (non-hydrogen) atoms. The third-order valence-corrected chi connectivity index (χ3v) is 5.87. The number of hydrogen-bond acceptors (Lipinski definition) is 5. The van der Waals surface area contributed by atoms with Gasteiger partial charge in [0.1, 0.15) is 5.75 Å². The molecule has 5 rings (SSSR count). The molecule has 0 N–H and O–H groups in total. The average molecular weight is 418 g/mol. The summed E-state index contributed by atoms with van der Waals surface area (Å²) in [6.45, 7) is 0.194. The fourth-order valence-electron chi connectivity index (χ4n) is 4.18. The highest BCUT2D eigenvalue weighted by Crippen LogP contribution is 2.49. The van der Waals surface area contributed by atoms with Gasteiger partial charge in [0, 0.05) is 4.47 Å². The minimum atomic E-state index is -0.330. The largest absolute Gasteiger partial charge is 0.471 e. The summed E-state index contributed by atoms with van der Waals surface area (Å²) in [6, 6.07) is 7.47. The molecule has 3 aliphatic heterocycles. The predicted octanol–water partition coefficient (Wildman–Crippen LogP) is 2.35. The van der Waals surface area contributed by atoms with Gasteiger partial charge in [0.25, 0.3) is 0 Å². The van der Waals surface area contributed by atoms with Crippen molar-refractivity contribution >= 4 is 33.4 Å². The molecule has 2 aromatic rings. The highest BCUT2D eigenvalue weighted by atomic mass is 79.9. The Morgan fingerprint density at radius 3 is 2.42 bits per heavy atom. The highest BCUT2D eigenvalue weighted by Gasteiger charge is 2.62. The summed E-state index contributed by atoms with van der Waals surface area (Å²) in [4.78, 5) is 26.8. The number of rotatable bonds is 4. The molecule has 0 unspecified atom stereocenters. The van der Waals surface area contributed by atoms with Crippen LogP contribution < -0.4 is 9.64 Å². The summed E-state index contributed by atoms with van der Waals surface area (Å²) in [6.07, 6.45) is 4.70. The Hall–Kier alpha value is -2.19. The van der Waals surface area contributed by atoms with E-state index in [-0.39, 0.29) is 42.6 Å². The van der Waals surface area contributed by atoms with Crippen molar-refractivity contribution in [1.29, 1.82) is 0 Å². The minimum absolute atomic E-state index is 0.109. The Kier molecular flexibility index (Phi) is 3.65. The van der Waals surface area contributed by atoms with E-state index < -0.39 is 0 Å². The maximum absolute atomic E-state index is 12.8. The van der Waals surface area contributed by atoms with Crippen LogP contribution in [-0.4, -0.2) is 33.8 Å². The van der Waals surface area contributed by atoms with E-state index in [0.29, 0.717) is 11.4 Å². The molecule has 3 saturated heterocycles. The van der Waals surface area contributed by atoms with Crippen LogP contribution in [0.5, 0.6) is 5.75 Å². The Morgan fingerprint density at radius 2 is 1.77 bits per heavy atom. The zero-order chi connectivity index (χ0) is 17.8. The van der Waals surface area contributed by atoms with E-state index in [1.807, 2.05) is 24.3 Å². The smallest absolute Gasteiger partial charge is 0.240 e. The van der Waals surface area contributed by atoms with Gasteiger partial charge in [0.15, 0.2) is 6.73 Å². The lowest BCUT2D eigenvalue weighted by Gasteiger charge is -2.15. The summed E-state index contributed by atoms with van der Waals surface area (Å²) < 4.78 is 14.0. The van der Waals surface area contributed by atoms with Gasteiger partial charge in [-0.1, -0.05) is 15.9 Å². The van der Waals surface area contributed by atoms with Gasteiger partial charge in [-0.15, -0.1) is 0 Å². The number of amides is 2. The number of fused-ring (bicyclic) bond motifs is 5. The molecule has 1 aromatic heterocycles. The van der Waals surface area contributed by atoms with Crippen LogP contribution in [0.4, 0.5) is 5.69 Å². The second kappa shape index (κ2) is 5.92. The molecule has 0 radical (unpaired) electrons. The number of carbonyl (C=O) groups excluding carboxylic acids is 2. The molecule has 134 valence electrons. The van der Waals surface area contributed by atoms with Crippen LogP contribution in [0.1, 0.15) is 12.8 Å². The predicted molar refractivity (Wildman–Crippen MR) is 94.4 cm³/mol. The molecule has 0 aliphatic carbocycles. The van der Waals surface area contributed by atoms with E-state index in [4.69, 9.17) is 9.47 Å². The van der Waals surface area contributed by atoms with E-state index in [9.17, 15) is 9.59 Å². The van der Waals surface area contributed by atoms with Crippen molar-refractivity contribution in [3.8, 4) is 5.75 Å². The second-order valence-corrected chi connectivity index (χ2v) is 7.73. The number of halogens is 1. The van der Waals surface area contributed by atoms with Gasteiger partial charge >= 0.3 is 0 Å². The van der Waals surface area contributed by atoms with E-state index in [1.54, 1.807) is 10.9 Å². The molecular formula is C18H16BrN3O4. The zero-order valence-corrected chi connectivity index (χ0v) is 15.3. The van der Waals surface area contributed by atoms with Crippen LogP contribution in [0, 0.1) is 11.8 Å². The molecule has 2 bridgehead atoms. The van der Waals surface area contributed by atoms with Crippen molar-refractivity contribution in [2.75, 3.05) is 4.90 Å². The van der Waals surface area contributed by atoms with Crippen molar-refractivity contribution in [3.63, 3.8) is 0 Å². The Morgan fingerprint density at radius 1 is 1.12 bits per heavy atom. The van der Waals surface area contributed by atoms with Crippen molar-refractivity contribution in [1.82, 2.24) is 9.78 Å². The Bertz CT molecular complexity index is 853. The first-order valence-electron chi connectivity index (χ1n) is 8.56. The van der Waals surface area contributed by atoms with Crippen LogP contribution in [0.25, 0.3) is 0 Å². The van der Waals surface area contributed by atoms with Crippen LogP contribution in [0.15, 0.2) is 41.1 Å². The number of aromatic nitrogens is 2. The molecule has 4 heterocycles.